The van der Waals surface area contributed by atoms with Crippen molar-refractivity contribution < 1.29 is 4.92 Å². The molecule has 7 nitrogen and oxygen atoms in total. The fourth-order valence-electron chi connectivity index (χ4n) is 2.32. The minimum absolute atomic E-state index is 0.0429. The Balaban J connectivity index is 2.27. The number of rotatable bonds is 3. The first kappa shape index (κ1) is 14.4. The minimum Gasteiger partial charge on any atom is -0.258 e. The van der Waals surface area contributed by atoms with Crippen LogP contribution in [0.25, 0.3) is 16.9 Å². The van der Waals surface area contributed by atoms with Crippen molar-refractivity contribution in [2.75, 3.05) is 0 Å². The predicted octanol–water partition coefficient (Wildman–Crippen LogP) is 3.02. The van der Waals surface area contributed by atoms with Crippen LogP contribution in [0.2, 0.25) is 0 Å². The zero-order chi connectivity index (χ0) is 16.4. The fourth-order valence-corrected chi connectivity index (χ4v) is 2.32. The summed E-state index contributed by atoms with van der Waals surface area (Å²) in [5.41, 5.74) is 2.71. The zero-order valence-electron chi connectivity index (χ0n) is 12.2. The fraction of sp³-hybridized carbons (Fsp3) is 0.0625. The van der Waals surface area contributed by atoms with E-state index in [1.807, 2.05) is 43.3 Å². The molecule has 3 aromatic rings. The third-order valence-corrected chi connectivity index (χ3v) is 3.46. The van der Waals surface area contributed by atoms with E-state index >= 15 is 0 Å². The number of nitrogens with zero attached hydrogens (tertiary/aromatic N) is 5. The number of hydrogen-bond donors (Lipinski definition) is 0. The summed E-state index contributed by atoms with van der Waals surface area (Å²) < 4.78 is 1.47. The molecular weight excluding hydrogens is 294 g/mol. The van der Waals surface area contributed by atoms with Crippen molar-refractivity contribution in [1.29, 1.82) is 5.26 Å². The summed E-state index contributed by atoms with van der Waals surface area (Å²) in [6.07, 6.45) is 0. The molecule has 0 spiro atoms. The summed E-state index contributed by atoms with van der Waals surface area (Å²) in [6.45, 7) is 1.82. The van der Waals surface area contributed by atoms with E-state index in [1.54, 1.807) is 6.07 Å². The maximum Gasteiger partial charge on any atom is 0.271 e. The third-order valence-electron chi connectivity index (χ3n) is 3.46. The van der Waals surface area contributed by atoms with Gasteiger partial charge >= 0.3 is 0 Å². The molecule has 1 heterocycles. The number of hydrogen-bond acceptors (Lipinski definition) is 5. The molecule has 0 N–H and O–H groups in total. The van der Waals surface area contributed by atoms with Gasteiger partial charge in [0.25, 0.3) is 5.69 Å². The molecule has 0 unspecified atom stereocenters. The molecule has 0 fully saturated rings. The predicted molar refractivity (Wildman–Crippen MR) is 82.9 cm³/mol. The highest BCUT2D eigenvalue weighted by atomic mass is 16.6. The lowest BCUT2D eigenvalue weighted by Gasteiger charge is -2.09. The summed E-state index contributed by atoms with van der Waals surface area (Å²) in [6, 6.07) is 15.7. The first-order valence-electron chi connectivity index (χ1n) is 6.78. The third kappa shape index (κ3) is 2.53. The highest BCUT2D eigenvalue weighted by Crippen LogP contribution is 2.28. The number of nitro benzene ring substituents is 1. The van der Waals surface area contributed by atoms with Gasteiger partial charge in [-0.25, -0.2) is 4.68 Å². The quantitative estimate of drug-likeness (QED) is 0.547. The van der Waals surface area contributed by atoms with Gasteiger partial charge in [-0.05, 0) is 12.5 Å². The second-order valence-electron chi connectivity index (χ2n) is 4.90. The largest absolute Gasteiger partial charge is 0.271 e. The lowest BCUT2D eigenvalue weighted by Crippen LogP contribution is -2.03. The molecular formula is C16H11N5O2. The minimum atomic E-state index is -0.465. The van der Waals surface area contributed by atoms with Crippen LogP contribution in [0.15, 0.2) is 48.5 Å². The summed E-state index contributed by atoms with van der Waals surface area (Å²) >= 11 is 0. The molecule has 0 aliphatic rings. The molecule has 0 amide bonds. The first-order chi connectivity index (χ1) is 11.1. The Labute approximate surface area is 131 Å². The van der Waals surface area contributed by atoms with Gasteiger partial charge in [0, 0.05) is 17.7 Å². The summed E-state index contributed by atoms with van der Waals surface area (Å²) in [4.78, 5) is 10.6. The lowest BCUT2D eigenvalue weighted by molar-refractivity contribution is -0.384. The zero-order valence-corrected chi connectivity index (χ0v) is 12.2. The van der Waals surface area contributed by atoms with Crippen LogP contribution in [0.4, 0.5) is 5.69 Å². The number of benzene rings is 2. The Kier molecular flexibility index (Phi) is 3.57. The maximum atomic E-state index is 11.0. The second kappa shape index (κ2) is 5.69. The van der Waals surface area contributed by atoms with E-state index in [-0.39, 0.29) is 11.4 Å². The first-order valence-corrected chi connectivity index (χ1v) is 6.78. The number of nitriles is 1. The van der Waals surface area contributed by atoms with Gasteiger partial charge in [-0.1, -0.05) is 41.6 Å². The monoisotopic (exact) mass is 305 g/mol. The van der Waals surface area contributed by atoms with Gasteiger partial charge < -0.3 is 0 Å². The van der Waals surface area contributed by atoms with Crippen molar-refractivity contribution in [1.82, 2.24) is 15.0 Å². The van der Waals surface area contributed by atoms with Crippen LogP contribution in [0.5, 0.6) is 0 Å². The van der Waals surface area contributed by atoms with Crippen molar-refractivity contribution in [2.45, 2.75) is 6.92 Å². The Morgan fingerprint density at radius 2 is 1.96 bits per heavy atom. The van der Waals surface area contributed by atoms with Crippen LogP contribution in [-0.2, 0) is 0 Å². The van der Waals surface area contributed by atoms with Crippen molar-refractivity contribution in [3.05, 3.63) is 69.9 Å². The van der Waals surface area contributed by atoms with Gasteiger partial charge in [0.1, 0.15) is 11.8 Å². The molecule has 0 bridgehead atoms. The highest BCUT2D eigenvalue weighted by Gasteiger charge is 2.19. The van der Waals surface area contributed by atoms with E-state index in [1.165, 1.54) is 16.8 Å². The standard InChI is InChI=1S/C16H11N5O2/c1-11-7-8-13(21(22)23)9-15(11)20-16(14(10-17)18-19-20)12-5-3-2-4-6-12/h2-9H,1H3. The Bertz CT molecular complexity index is 925. The highest BCUT2D eigenvalue weighted by molar-refractivity contribution is 5.67. The molecule has 3 rings (SSSR count). The van der Waals surface area contributed by atoms with Crippen LogP contribution in [-0.4, -0.2) is 19.9 Å². The molecule has 7 heteroatoms. The number of aryl methyl sites for hydroxylation is 1. The average Bonchev–Trinajstić information content (AvgIpc) is 2.99. The molecule has 0 aliphatic carbocycles. The molecule has 23 heavy (non-hydrogen) atoms. The van der Waals surface area contributed by atoms with Crippen LogP contribution in [0, 0.1) is 28.4 Å². The van der Waals surface area contributed by atoms with Gasteiger partial charge in [0.2, 0.25) is 0 Å². The summed E-state index contributed by atoms with van der Waals surface area (Å²) in [5.74, 6) is 0. The van der Waals surface area contributed by atoms with Gasteiger partial charge in [-0.2, -0.15) is 5.26 Å². The lowest BCUT2D eigenvalue weighted by atomic mass is 10.1. The van der Waals surface area contributed by atoms with Gasteiger partial charge in [-0.15, -0.1) is 5.10 Å². The molecule has 0 radical (unpaired) electrons. The normalized spacial score (nSPS) is 10.3. The van der Waals surface area contributed by atoms with Crippen LogP contribution < -0.4 is 0 Å². The molecule has 1 aromatic heterocycles. The van der Waals surface area contributed by atoms with E-state index in [0.717, 1.165) is 11.1 Å². The molecule has 2 aromatic carbocycles. The van der Waals surface area contributed by atoms with E-state index in [2.05, 4.69) is 10.3 Å². The molecule has 0 aliphatic heterocycles. The van der Waals surface area contributed by atoms with E-state index < -0.39 is 4.92 Å². The Morgan fingerprint density at radius 3 is 2.61 bits per heavy atom. The topological polar surface area (TPSA) is 97.6 Å². The number of aromatic nitrogens is 3. The van der Waals surface area contributed by atoms with Crippen molar-refractivity contribution in [3.63, 3.8) is 0 Å². The van der Waals surface area contributed by atoms with Crippen molar-refractivity contribution >= 4 is 5.69 Å². The van der Waals surface area contributed by atoms with Crippen molar-refractivity contribution in [2.24, 2.45) is 0 Å². The van der Waals surface area contributed by atoms with Gasteiger partial charge in [0.15, 0.2) is 5.69 Å². The van der Waals surface area contributed by atoms with E-state index in [9.17, 15) is 15.4 Å². The summed E-state index contributed by atoms with van der Waals surface area (Å²) in [7, 11) is 0. The summed E-state index contributed by atoms with van der Waals surface area (Å²) in [5, 5.41) is 28.2. The molecule has 0 saturated heterocycles. The average molecular weight is 305 g/mol. The van der Waals surface area contributed by atoms with E-state index in [4.69, 9.17) is 0 Å². The van der Waals surface area contributed by atoms with Gasteiger partial charge in [0.05, 0.1) is 10.6 Å². The number of non-ortho nitro benzene ring substituents is 1. The number of nitro groups is 1. The van der Waals surface area contributed by atoms with Crippen LogP contribution >= 0.6 is 0 Å². The molecule has 112 valence electrons. The van der Waals surface area contributed by atoms with Gasteiger partial charge in [-0.3, -0.25) is 10.1 Å². The Morgan fingerprint density at radius 1 is 1.22 bits per heavy atom. The smallest absolute Gasteiger partial charge is 0.258 e. The molecule has 0 atom stereocenters. The van der Waals surface area contributed by atoms with E-state index in [0.29, 0.717) is 11.4 Å². The SMILES string of the molecule is Cc1ccc([N+](=O)[O-])cc1-n1nnc(C#N)c1-c1ccccc1. The second-order valence-corrected chi connectivity index (χ2v) is 4.90. The Hall–Kier alpha value is -3.53. The maximum absolute atomic E-state index is 11.0. The van der Waals surface area contributed by atoms with Crippen LogP contribution in [0.1, 0.15) is 11.3 Å². The molecule has 0 saturated carbocycles. The van der Waals surface area contributed by atoms with Crippen molar-refractivity contribution in [3.8, 4) is 23.0 Å². The van der Waals surface area contributed by atoms with Crippen LogP contribution in [0.3, 0.4) is 0 Å².